The number of halogens is 1. The predicted octanol–water partition coefficient (Wildman–Crippen LogP) is 4.00. The third-order valence-electron chi connectivity index (χ3n) is 6.89. The van der Waals surface area contributed by atoms with Gasteiger partial charge < -0.3 is 14.7 Å². The van der Waals surface area contributed by atoms with E-state index < -0.39 is 17.3 Å². The molecule has 0 fully saturated rings. The number of benzene rings is 1. The van der Waals surface area contributed by atoms with Gasteiger partial charge in [0.1, 0.15) is 11.6 Å². The number of hydrogen-bond acceptors (Lipinski definition) is 6. The minimum Gasteiger partial charge on any atom is -0.464 e. The fourth-order valence-corrected chi connectivity index (χ4v) is 5.14. The lowest BCUT2D eigenvalue weighted by Gasteiger charge is -2.39. The highest BCUT2D eigenvalue weighted by atomic mass is 19.1. The number of fused-ring (bicyclic) bond motifs is 3. The molecule has 0 aliphatic carbocycles. The Balaban J connectivity index is 1.53. The van der Waals surface area contributed by atoms with Crippen molar-refractivity contribution in [2.75, 3.05) is 6.61 Å². The molecule has 0 saturated carbocycles. The Morgan fingerprint density at radius 3 is 2.76 bits per heavy atom. The van der Waals surface area contributed by atoms with E-state index in [-0.39, 0.29) is 12.6 Å². The molecule has 0 radical (unpaired) electrons. The van der Waals surface area contributed by atoms with Crippen molar-refractivity contribution in [1.82, 2.24) is 35.0 Å². The first kappa shape index (κ1) is 23.1. The first-order valence-electron chi connectivity index (χ1n) is 12.3. The molecule has 9 nitrogen and oxygen atoms in total. The maximum absolute atomic E-state index is 13.9. The van der Waals surface area contributed by atoms with Crippen molar-refractivity contribution in [3.05, 3.63) is 89.6 Å². The first-order valence-corrected chi connectivity index (χ1v) is 12.3. The lowest BCUT2D eigenvalue weighted by atomic mass is 9.79. The summed E-state index contributed by atoms with van der Waals surface area (Å²) in [5, 5.41) is 9.08. The Bertz CT molecular complexity index is 1590. The highest BCUT2D eigenvalue weighted by molar-refractivity contribution is 5.93. The van der Waals surface area contributed by atoms with Crippen LogP contribution in [0.1, 0.15) is 42.5 Å². The standard InChI is InChI=1S/C27H26FN7O2/c1-3-35-15-16(12-31-35)27(26(36)37-4-2)24-19(18-7-5-6-8-20(18)32-24)11-22(34-27)25-30-14-23(33-25)21-10-9-17(28)13-29-21/h5-10,12-15,22,32,34H,3-4,11H2,1-2H3,(H,30,33)/t22-,27?/m1/s1. The average molecular weight is 500 g/mol. The van der Waals surface area contributed by atoms with Gasteiger partial charge in [-0.25, -0.2) is 14.2 Å². The van der Waals surface area contributed by atoms with E-state index in [9.17, 15) is 9.18 Å². The summed E-state index contributed by atoms with van der Waals surface area (Å²) >= 11 is 0. The van der Waals surface area contributed by atoms with Crippen molar-refractivity contribution in [3.8, 4) is 11.4 Å². The van der Waals surface area contributed by atoms with E-state index in [2.05, 4.69) is 36.4 Å². The number of ether oxygens (including phenoxy) is 1. The van der Waals surface area contributed by atoms with Crippen LogP contribution < -0.4 is 5.32 Å². The molecule has 37 heavy (non-hydrogen) atoms. The Hall–Kier alpha value is -4.31. The molecular weight excluding hydrogens is 473 g/mol. The van der Waals surface area contributed by atoms with Crippen LogP contribution in [0.25, 0.3) is 22.3 Å². The molecule has 188 valence electrons. The molecule has 2 atom stereocenters. The number of hydrogen-bond donors (Lipinski definition) is 3. The number of pyridine rings is 1. The number of carbonyl (C=O) groups excluding carboxylic acids is 1. The van der Waals surface area contributed by atoms with E-state index in [1.165, 1.54) is 12.3 Å². The normalized spacial score (nSPS) is 19.2. The van der Waals surface area contributed by atoms with Gasteiger partial charge in [0.15, 0.2) is 5.54 Å². The fraction of sp³-hybridized carbons (Fsp3) is 0.259. The molecule has 10 heteroatoms. The topological polar surface area (TPSA) is 114 Å². The van der Waals surface area contributed by atoms with Gasteiger partial charge in [0.25, 0.3) is 0 Å². The SMILES string of the molecule is CCOC(=O)C1(c2cnn(CC)c2)N[C@@H](c2ncc(-c3ccc(F)cn3)[nH]2)Cc2c1[nH]c1ccccc21. The van der Waals surface area contributed by atoms with Crippen LogP contribution in [0.3, 0.4) is 0 Å². The molecule has 5 heterocycles. The summed E-state index contributed by atoms with van der Waals surface area (Å²) in [4.78, 5) is 29.5. The second-order valence-electron chi connectivity index (χ2n) is 9.02. The van der Waals surface area contributed by atoms with Gasteiger partial charge in [0, 0.05) is 29.2 Å². The second kappa shape index (κ2) is 8.97. The minimum absolute atomic E-state index is 0.228. The molecule has 1 aromatic carbocycles. The highest BCUT2D eigenvalue weighted by Crippen LogP contribution is 2.43. The van der Waals surface area contributed by atoms with Gasteiger partial charge in [-0.15, -0.1) is 0 Å². The van der Waals surface area contributed by atoms with Gasteiger partial charge in [-0.05, 0) is 44.0 Å². The number of nitrogens with one attached hydrogen (secondary N) is 3. The third kappa shape index (κ3) is 3.72. The van der Waals surface area contributed by atoms with E-state index in [1.54, 1.807) is 30.1 Å². The molecule has 0 bridgehead atoms. The summed E-state index contributed by atoms with van der Waals surface area (Å²) in [5.74, 6) is -0.195. The lowest BCUT2D eigenvalue weighted by molar-refractivity contribution is -0.150. The largest absolute Gasteiger partial charge is 0.464 e. The number of rotatable bonds is 6. The van der Waals surface area contributed by atoms with Crippen LogP contribution in [0.5, 0.6) is 0 Å². The number of esters is 1. The number of para-hydroxylation sites is 1. The van der Waals surface area contributed by atoms with Crippen molar-refractivity contribution < 1.29 is 13.9 Å². The molecule has 1 aliphatic heterocycles. The highest BCUT2D eigenvalue weighted by Gasteiger charge is 2.52. The van der Waals surface area contributed by atoms with Crippen LogP contribution in [-0.4, -0.2) is 42.3 Å². The third-order valence-corrected chi connectivity index (χ3v) is 6.89. The van der Waals surface area contributed by atoms with Crippen LogP contribution in [0.4, 0.5) is 4.39 Å². The molecule has 1 aliphatic rings. The van der Waals surface area contributed by atoms with Gasteiger partial charge in [-0.1, -0.05) is 18.2 Å². The molecule has 1 unspecified atom stereocenters. The predicted molar refractivity (Wildman–Crippen MR) is 135 cm³/mol. The van der Waals surface area contributed by atoms with Gasteiger partial charge in [0.05, 0.1) is 48.3 Å². The summed E-state index contributed by atoms with van der Waals surface area (Å²) in [6.07, 6.45) is 7.00. The van der Waals surface area contributed by atoms with Crippen molar-refractivity contribution in [2.24, 2.45) is 0 Å². The lowest BCUT2D eigenvalue weighted by Crippen LogP contribution is -2.56. The zero-order chi connectivity index (χ0) is 25.6. The molecule has 0 amide bonds. The number of aryl methyl sites for hydroxylation is 1. The maximum atomic E-state index is 13.9. The molecule has 6 rings (SSSR count). The smallest absolute Gasteiger partial charge is 0.337 e. The van der Waals surface area contributed by atoms with Crippen LogP contribution >= 0.6 is 0 Å². The van der Waals surface area contributed by atoms with Crippen LogP contribution in [0, 0.1) is 5.82 Å². The zero-order valence-corrected chi connectivity index (χ0v) is 20.5. The number of nitrogens with zero attached hydrogens (tertiary/aromatic N) is 4. The molecular formula is C27H26FN7O2. The Morgan fingerprint density at radius 2 is 2.00 bits per heavy atom. The number of aromatic amines is 2. The van der Waals surface area contributed by atoms with E-state index >= 15 is 0 Å². The number of H-pyrrole nitrogens is 2. The van der Waals surface area contributed by atoms with Crippen LogP contribution in [-0.2, 0) is 28.0 Å². The zero-order valence-electron chi connectivity index (χ0n) is 20.5. The molecule has 4 aromatic heterocycles. The summed E-state index contributed by atoms with van der Waals surface area (Å²) in [5.41, 5.74) is 3.26. The second-order valence-corrected chi connectivity index (χ2v) is 9.02. The Morgan fingerprint density at radius 1 is 1.14 bits per heavy atom. The van der Waals surface area contributed by atoms with E-state index in [0.717, 1.165) is 22.2 Å². The Kier molecular flexibility index (Phi) is 5.60. The monoisotopic (exact) mass is 499 g/mol. The summed E-state index contributed by atoms with van der Waals surface area (Å²) in [7, 11) is 0. The maximum Gasteiger partial charge on any atom is 0.337 e. The van der Waals surface area contributed by atoms with Gasteiger partial charge in [-0.3, -0.25) is 15.0 Å². The van der Waals surface area contributed by atoms with E-state index in [1.807, 2.05) is 31.3 Å². The quantitative estimate of drug-likeness (QED) is 0.304. The number of aromatic nitrogens is 6. The average Bonchev–Trinajstić information content (AvgIpc) is 3.67. The van der Waals surface area contributed by atoms with Gasteiger partial charge in [0.2, 0.25) is 0 Å². The number of carbonyl (C=O) groups is 1. The summed E-state index contributed by atoms with van der Waals surface area (Å²) in [6.45, 7) is 4.68. The molecule has 0 spiro atoms. The summed E-state index contributed by atoms with van der Waals surface area (Å²) in [6, 6.07) is 10.6. The van der Waals surface area contributed by atoms with Crippen molar-refractivity contribution in [2.45, 2.75) is 38.4 Å². The van der Waals surface area contributed by atoms with Gasteiger partial charge in [-0.2, -0.15) is 5.10 Å². The first-order chi connectivity index (χ1) is 18.0. The molecule has 3 N–H and O–H groups in total. The van der Waals surface area contributed by atoms with Crippen molar-refractivity contribution in [1.29, 1.82) is 0 Å². The van der Waals surface area contributed by atoms with E-state index in [0.29, 0.717) is 35.7 Å². The van der Waals surface area contributed by atoms with Crippen molar-refractivity contribution in [3.63, 3.8) is 0 Å². The number of imidazole rings is 1. The van der Waals surface area contributed by atoms with Crippen LogP contribution in [0.2, 0.25) is 0 Å². The fourth-order valence-electron chi connectivity index (χ4n) is 5.14. The van der Waals surface area contributed by atoms with Crippen molar-refractivity contribution >= 4 is 16.9 Å². The van der Waals surface area contributed by atoms with Gasteiger partial charge >= 0.3 is 5.97 Å². The Labute approximate surface area is 212 Å². The molecule has 0 saturated heterocycles. The summed E-state index contributed by atoms with van der Waals surface area (Å²) < 4.78 is 20.9. The minimum atomic E-state index is -1.33. The molecule has 5 aromatic rings. The van der Waals surface area contributed by atoms with Crippen LogP contribution in [0.15, 0.2) is 61.2 Å². The van der Waals surface area contributed by atoms with E-state index in [4.69, 9.17) is 4.74 Å².